The number of rotatable bonds is 13. The molecule has 1 aromatic carbocycles. The van der Waals surface area contributed by atoms with Crippen molar-refractivity contribution in [3.8, 4) is 5.75 Å². The molecule has 7 nitrogen and oxygen atoms in total. The first-order valence-electron chi connectivity index (χ1n) is 12.2. The van der Waals surface area contributed by atoms with Gasteiger partial charge in [0, 0.05) is 31.3 Å². The Morgan fingerprint density at radius 2 is 2.03 bits per heavy atom. The van der Waals surface area contributed by atoms with Gasteiger partial charge in [-0.2, -0.15) is 0 Å². The van der Waals surface area contributed by atoms with E-state index in [2.05, 4.69) is 0 Å². The molecule has 1 saturated heterocycles. The SMILES string of the molecule is O=C(O)CCC/C=C\C[C@H]1[C@@H](O)CC(=O)[C@@H]1/C=C/[C@@H](COc1ccccc1)OC1CCCCO1. The number of carboxylic acid groups (broad SMARTS) is 1. The van der Waals surface area contributed by atoms with Crippen LogP contribution in [-0.4, -0.2) is 53.7 Å². The summed E-state index contributed by atoms with van der Waals surface area (Å²) in [4.78, 5) is 23.2. The van der Waals surface area contributed by atoms with Crippen molar-refractivity contribution < 1.29 is 34.0 Å². The van der Waals surface area contributed by atoms with Crippen molar-refractivity contribution in [3.05, 3.63) is 54.6 Å². The van der Waals surface area contributed by atoms with E-state index in [0.29, 0.717) is 25.9 Å². The number of unbranched alkanes of at least 4 members (excludes halogenated alkanes) is 1. The van der Waals surface area contributed by atoms with Crippen molar-refractivity contribution >= 4 is 11.8 Å². The highest BCUT2D eigenvalue weighted by Crippen LogP contribution is 2.33. The number of Topliss-reactive ketones (excluding diaryl/α,β-unsaturated/α-hetero) is 1. The van der Waals surface area contributed by atoms with Crippen LogP contribution in [0.3, 0.4) is 0 Å². The molecule has 1 aliphatic heterocycles. The molecule has 5 atom stereocenters. The van der Waals surface area contributed by atoms with Gasteiger partial charge in [-0.15, -0.1) is 0 Å². The van der Waals surface area contributed by atoms with E-state index in [4.69, 9.17) is 19.3 Å². The fraction of sp³-hybridized carbons (Fsp3) is 0.556. The minimum Gasteiger partial charge on any atom is -0.491 e. The van der Waals surface area contributed by atoms with Crippen LogP contribution in [-0.2, 0) is 19.1 Å². The number of allylic oxidation sites excluding steroid dienone is 3. The molecule has 1 heterocycles. The molecule has 1 saturated carbocycles. The standard InChI is InChI=1S/C27H36O7/c28-24-18-25(29)23(22(24)12-6-1-2-7-13-26(30)31)16-15-21(34-27-14-8-9-17-32-27)19-33-20-10-4-3-5-11-20/h1,3-6,10-11,15-16,21-24,27-28H,2,7-9,12-14,17-19H2,(H,30,31)/b6-1-,16-15+/t21-,22+,23+,24-,27?/m0/s1. The highest BCUT2D eigenvalue weighted by atomic mass is 16.7. The number of ether oxygens (including phenoxy) is 3. The highest BCUT2D eigenvalue weighted by Gasteiger charge is 2.39. The minimum absolute atomic E-state index is 0.0182. The van der Waals surface area contributed by atoms with Gasteiger partial charge in [0.15, 0.2) is 6.29 Å². The first kappa shape index (κ1) is 26.1. The lowest BCUT2D eigenvalue weighted by molar-refractivity contribution is -0.182. The molecule has 0 radical (unpaired) electrons. The number of aliphatic hydroxyl groups excluding tert-OH is 1. The molecule has 7 heteroatoms. The molecule has 1 aromatic rings. The maximum atomic E-state index is 12.6. The van der Waals surface area contributed by atoms with Gasteiger partial charge in [0.1, 0.15) is 24.2 Å². The van der Waals surface area contributed by atoms with Crippen LogP contribution < -0.4 is 4.74 Å². The zero-order chi connectivity index (χ0) is 24.2. The van der Waals surface area contributed by atoms with Gasteiger partial charge in [-0.1, -0.05) is 42.5 Å². The van der Waals surface area contributed by atoms with Crippen molar-refractivity contribution in [3.63, 3.8) is 0 Å². The second kappa shape index (κ2) is 14.0. The van der Waals surface area contributed by atoms with Gasteiger partial charge in [-0.25, -0.2) is 0 Å². The molecule has 0 amide bonds. The van der Waals surface area contributed by atoms with Gasteiger partial charge in [-0.3, -0.25) is 9.59 Å². The molecule has 3 rings (SSSR count). The number of aliphatic carboxylic acids is 1. The number of ketones is 1. The molecule has 186 valence electrons. The first-order chi connectivity index (χ1) is 16.5. The topological polar surface area (TPSA) is 102 Å². The number of hydrogen-bond donors (Lipinski definition) is 2. The predicted octanol–water partition coefficient (Wildman–Crippen LogP) is 4.30. The first-order valence-corrected chi connectivity index (χ1v) is 12.2. The summed E-state index contributed by atoms with van der Waals surface area (Å²) in [6, 6.07) is 9.50. The van der Waals surface area contributed by atoms with Crippen LogP contribution in [0.25, 0.3) is 0 Å². The third-order valence-corrected chi connectivity index (χ3v) is 6.23. The zero-order valence-electron chi connectivity index (χ0n) is 19.6. The predicted molar refractivity (Wildman–Crippen MR) is 127 cm³/mol. The van der Waals surface area contributed by atoms with Crippen molar-refractivity contribution in [2.75, 3.05) is 13.2 Å². The monoisotopic (exact) mass is 472 g/mol. The summed E-state index contributed by atoms with van der Waals surface area (Å²) < 4.78 is 17.8. The van der Waals surface area contributed by atoms with Gasteiger partial charge in [-0.05, 0) is 50.7 Å². The average Bonchev–Trinajstić information content (AvgIpc) is 3.11. The molecular weight excluding hydrogens is 436 g/mol. The third kappa shape index (κ3) is 8.70. The van der Waals surface area contributed by atoms with Crippen LogP contribution in [0.5, 0.6) is 5.75 Å². The number of carboxylic acids is 1. The summed E-state index contributed by atoms with van der Waals surface area (Å²) in [6.07, 6.45) is 11.2. The molecular formula is C27H36O7. The molecule has 0 spiro atoms. The summed E-state index contributed by atoms with van der Waals surface area (Å²) in [7, 11) is 0. The van der Waals surface area contributed by atoms with Gasteiger partial charge < -0.3 is 24.4 Å². The summed E-state index contributed by atoms with van der Waals surface area (Å²) in [6.45, 7) is 0.965. The van der Waals surface area contributed by atoms with E-state index >= 15 is 0 Å². The lowest BCUT2D eigenvalue weighted by atomic mass is 9.90. The van der Waals surface area contributed by atoms with E-state index in [0.717, 1.165) is 25.0 Å². The van der Waals surface area contributed by atoms with E-state index in [1.54, 1.807) is 0 Å². The van der Waals surface area contributed by atoms with Gasteiger partial charge in [0.2, 0.25) is 0 Å². The lowest BCUT2D eigenvalue weighted by Gasteiger charge is -2.27. The summed E-state index contributed by atoms with van der Waals surface area (Å²) in [5.74, 6) is -0.645. The molecule has 0 bridgehead atoms. The van der Waals surface area contributed by atoms with Crippen LogP contribution >= 0.6 is 0 Å². The summed E-state index contributed by atoms with van der Waals surface area (Å²) in [5.41, 5.74) is 0. The van der Waals surface area contributed by atoms with E-state index in [1.807, 2.05) is 54.6 Å². The second-order valence-electron chi connectivity index (χ2n) is 8.90. The van der Waals surface area contributed by atoms with E-state index < -0.39 is 18.0 Å². The smallest absolute Gasteiger partial charge is 0.303 e. The molecule has 2 N–H and O–H groups in total. The number of carbonyl (C=O) groups is 2. The fourth-order valence-electron chi connectivity index (χ4n) is 4.36. The Balaban J connectivity index is 1.60. The Labute approximate surface area is 201 Å². The van der Waals surface area contributed by atoms with Gasteiger partial charge >= 0.3 is 5.97 Å². The maximum absolute atomic E-state index is 12.6. The van der Waals surface area contributed by atoms with Crippen molar-refractivity contribution in [1.29, 1.82) is 0 Å². The van der Waals surface area contributed by atoms with Crippen LogP contribution in [0.1, 0.15) is 51.4 Å². The Hall–Kier alpha value is -2.48. The molecule has 1 aliphatic carbocycles. The summed E-state index contributed by atoms with van der Waals surface area (Å²) >= 11 is 0. The van der Waals surface area contributed by atoms with Crippen LogP contribution in [0.4, 0.5) is 0 Å². The molecule has 34 heavy (non-hydrogen) atoms. The van der Waals surface area contributed by atoms with Gasteiger partial charge in [0.25, 0.3) is 0 Å². The Morgan fingerprint density at radius 1 is 1.21 bits per heavy atom. The second-order valence-corrected chi connectivity index (χ2v) is 8.90. The number of carbonyl (C=O) groups excluding carboxylic acids is 1. The van der Waals surface area contributed by atoms with E-state index in [1.165, 1.54) is 0 Å². The van der Waals surface area contributed by atoms with E-state index in [-0.39, 0.29) is 43.5 Å². The van der Waals surface area contributed by atoms with Crippen molar-refractivity contribution in [2.45, 2.75) is 69.9 Å². The average molecular weight is 473 g/mol. The van der Waals surface area contributed by atoms with Crippen molar-refractivity contribution in [2.24, 2.45) is 11.8 Å². The van der Waals surface area contributed by atoms with Gasteiger partial charge in [0.05, 0.1) is 6.10 Å². The van der Waals surface area contributed by atoms with Crippen LogP contribution in [0, 0.1) is 11.8 Å². The number of benzene rings is 1. The minimum atomic E-state index is -0.804. The Bertz CT molecular complexity index is 814. The Morgan fingerprint density at radius 3 is 2.76 bits per heavy atom. The zero-order valence-corrected chi connectivity index (χ0v) is 19.6. The normalized spacial score (nSPS) is 26.3. The van der Waals surface area contributed by atoms with E-state index in [9.17, 15) is 14.7 Å². The number of aliphatic hydroxyl groups is 1. The third-order valence-electron chi connectivity index (χ3n) is 6.23. The van der Waals surface area contributed by atoms with Crippen LogP contribution in [0.2, 0.25) is 0 Å². The molecule has 2 aliphatic rings. The largest absolute Gasteiger partial charge is 0.491 e. The number of para-hydroxylation sites is 1. The number of hydrogen-bond acceptors (Lipinski definition) is 6. The van der Waals surface area contributed by atoms with Crippen molar-refractivity contribution in [1.82, 2.24) is 0 Å². The Kier molecular flexibility index (Phi) is 10.8. The quantitative estimate of drug-likeness (QED) is 0.326. The summed E-state index contributed by atoms with van der Waals surface area (Å²) in [5, 5.41) is 19.2. The lowest BCUT2D eigenvalue weighted by Crippen LogP contribution is -2.30. The molecule has 2 fully saturated rings. The maximum Gasteiger partial charge on any atom is 0.303 e. The molecule has 0 aromatic heterocycles. The fourth-order valence-corrected chi connectivity index (χ4v) is 4.36. The molecule has 1 unspecified atom stereocenters. The van der Waals surface area contributed by atoms with Crippen LogP contribution in [0.15, 0.2) is 54.6 Å². The highest BCUT2D eigenvalue weighted by molar-refractivity contribution is 5.86.